The Kier molecular flexibility index (Phi) is 12.3. The molecule has 0 aromatic rings. The quantitative estimate of drug-likeness (QED) is 0.221. The molecule has 0 radical (unpaired) electrons. The van der Waals surface area contributed by atoms with Crippen molar-refractivity contribution < 1.29 is 0 Å². The molecule has 1 aliphatic carbocycles. The van der Waals surface area contributed by atoms with Gasteiger partial charge < -0.3 is 0 Å². The molecule has 1 rings (SSSR count). The van der Waals surface area contributed by atoms with Crippen LogP contribution in [-0.2, 0) is 0 Å². The van der Waals surface area contributed by atoms with Crippen molar-refractivity contribution >= 4 is 0 Å². The van der Waals surface area contributed by atoms with Crippen molar-refractivity contribution in [3.63, 3.8) is 0 Å². The molecule has 0 aromatic carbocycles. The van der Waals surface area contributed by atoms with Crippen LogP contribution in [0, 0.1) is 22.7 Å². The van der Waals surface area contributed by atoms with E-state index in [4.69, 9.17) is 0 Å². The van der Waals surface area contributed by atoms with Crippen LogP contribution >= 0.6 is 0 Å². The van der Waals surface area contributed by atoms with Gasteiger partial charge in [-0.15, -0.1) is 0 Å². The fourth-order valence-corrected chi connectivity index (χ4v) is 4.44. The molecule has 0 heteroatoms. The molecular weight excluding hydrogens is 324 g/mol. The third-order valence-electron chi connectivity index (χ3n) is 7.90. The van der Waals surface area contributed by atoms with E-state index in [9.17, 15) is 0 Å². The van der Waals surface area contributed by atoms with Gasteiger partial charge in [0.25, 0.3) is 0 Å². The second kappa shape index (κ2) is 13.3. The lowest BCUT2D eigenvalue weighted by Crippen LogP contribution is -2.29. The second-order valence-corrected chi connectivity index (χ2v) is 11.5. The van der Waals surface area contributed by atoms with Crippen LogP contribution in [0.1, 0.15) is 151 Å². The highest BCUT2D eigenvalue weighted by molar-refractivity contribution is 4.85. The molecule has 0 aromatic heterocycles. The molecule has 0 heterocycles. The van der Waals surface area contributed by atoms with Crippen molar-refractivity contribution in [3.05, 3.63) is 0 Å². The average Bonchev–Trinajstić information content (AvgIpc) is 3.33. The van der Waals surface area contributed by atoms with Gasteiger partial charge in [-0.05, 0) is 35.5 Å². The summed E-state index contributed by atoms with van der Waals surface area (Å²) >= 11 is 0. The molecule has 1 aliphatic rings. The van der Waals surface area contributed by atoms with Gasteiger partial charge in [0.15, 0.2) is 0 Å². The summed E-state index contributed by atoms with van der Waals surface area (Å²) in [6, 6.07) is 0. The van der Waals surface area contributed by atoms with Crippen molar-refractivity contribution in [2.24, 2.45) is 22.7 Å². The summed E-state index contributed by atoms with van der Waals surface area (Å²) in [5.41, 5.74) is 0.909. The highest BCUT2D eigenvalue weighted by atomic mass is 14.4. The highest BCUT2D eigenvalue weighted by Crippen LogP contribution is 2.46. The van der Waals surface area contributed by atoms with Crippen molar-refractivity contribution in [1.82, 2.24) is 0 Å². The summed E-state index contributed by atoms with van der Waals surface area (Å²) in [6.07, 6.45) is 25.1. The fraction of sp³-hybridized carbons (Fsp3) is 1.00. The average molecular weight is 379 g/mol. The Bertz CT molecular complexity index is 346. The fourth-order valence-electron chi connectivity index (χ4n) is 4.44. The number of unbranched alkanes of at least 4 members (excludes halogenated alkanes) is 11. The summed E-state index contributed by atoms with van der Waals surface area (Å²) in [5, 5.41) is 0. The molecule has 0 amide bonds. The first kappa shape index (κ1) is 25.0. The lowest BCUT2D eigenvalue weighted by molar-refractivity contribution is 0.115. The molecule has 0 nitrogen and oxygen atoms in total. The first-order valence-corrected chi connectivity index (χ1v) is 12.8. The van der Waals surface area contributed by atoms with Gasteiger partial charge in [-0.2, -0.15) is 0 Å². The minimum atomic E-state index is 0.433. The zero-order chi connectivity index (χ0) is 20.2. The molecule has 2 atom stereocenters. The van der Waals surface area contributed by atoms with E-state index in [-0.39, 0.29) is 0 Å². The van der Waals surface area contributed by atoms with E-state index in [0.717, 1.165) is 11.8 Å². The molecule has 27 heavy (non-hydrogen) atoms. The Morgan fingerprint density at radius 3 is 1.41 bits per heavy atom. The van der Waals surface area contributed by atoms with Crippen LogP contribution in [0.25, 0.3) is 0 Å². The minimum absolute atomic E-state index is 0.433. The smallest absolute Gasteiger partial charge is 0.0306 e. The Balaban J connectivity index is 1.83. The number of hydrogen-bond acceptors (Lipinski definition) is 0. The topological polar surface area (TPSA) is 0 Å². The van der Waals surface area contributed by atoms with Crippen molar-refractivity contribution in [2.45, 2.75) is 151 Å². The van der Waals surface area contributed by atoms with Gasteiger partial charge in [0.2, 0.25) is 0 Å². The summed E-state index contributed by atoms with van der Waals surface area (Å²) < 4.78 is 0. The van der Waals surface area contributed by atoms with Crippen LogP contribution in [0.3, 0.4) is 0 Å². The van der Waals surface area contributed by atoms with Crippen LogP contribution in [0.5, 0.6) is 0 Å². The van der Waals surface area contributed by atoms with E-state index in [0.29, 0.717) is 10.8 Å². The Labute approximate surface area is 173 Å². The van der Waals surface area contributed by atoms with Gasteiger partial charge in [-0.25, -0.2) is 0 Å². The Hall–Kier alpha value is 0. The first-order valence-electron chi connectivity index (χ1n) is 12.8. The monoisotopic (exact) mass is 378 g/mol. The minimum Gasteiger partial charge on any atom is -0.0654 e. The maximum atomic E-state index is 2.45. The molecule has 0 N–H and O–H groups in total. The first-order chi connectivity index (χ1) is 12.8. The predicted molar refractivity (Wildman–Crippen MR) is 124 cm³/mol. The van der Waals surface area contributed by atoms with Crippen LogP contribution in [-0.4, -0.2) is 0 Å². The third-order valence-corrected chi connectivity index (χ3v) is 7.90. The van der Waals surface area contributed by atoms with E-state index in [1.165, 1.54) is 89.9 Å². The maximum absolute atomic E-state index is 2.45. The van der Waals surface area contributed by atoms with Gasteiger partial charge in [0.05, 0.1) is 0 Å². The molecule has 0 spiro atoms. The van der Waals surface area contributed by atoms with E-state index in [2.05, 4.69) is 41.5 Å². The number of rotatable bonds is 17. The standard InChI is InChI=1S/C27H54/c1-7-8-9-10-14-17-20-24-23-25(24)21-18-15-12-11-13-16-19-22-27(5,6)26(2,3)4/h24-25H,7-23H2,1-6H3. The van der Waals surface area contributed by atoms with Gasteiger partial charge in [-0.3, -0.25) is 0 Å². The zero-order valence-electron chi connectivity index (χ0n) is 20.2. The van der Waals surface area contributed by atoms with E-state index in [1.54, 1.807) is 19.3 Å². The summed E-state index contributed by atoms with van der Waals surface area (Å²) in [7, 11) is 0. The summed E-state index contributed by atoms with van der Waals surface area (Å²) in [5.74, 6) is 2.25. The molecule has 162 valence electrons. The van der Waals surface area contributed by atoms with Crippen molar-refractivity contribution in [1.29, 1.82) is 0 Å². The summed E-state index contributed by atoms with van der Waals surface area (Å²) in [4.78, 5) is 0. The lowest BCUT2D eigenvalue weighted by atomic mass is 9.67. The molecular formula is C27H54. The van der Waals surface area contributed by atoms with Gasteiger partial charge >= 0.3 is 0 Å². The van der Waals surface area contributed by atoms with Gasteiger partial charge in [0.1, 0.15) is 0 Å². The largest absolute Gasteiger partial charge is 0.0654 e. The van der Waals surface area contributed by atoms with Crippen molar-refractivity contribution in [2.75, 3.05) is 0 Å². The molecule has 2 unspecified atom stereocenters. The predicted octanol–water partition coefficient (Wildman–Crippen LogP) is 9.96. The van der Waals surface area contributed by atoms with E-state index < -0.39 is 0 Å². The van der Waals surface area contributed by atoms with E-state index >= 15 is 0 Å². The highest BCUT2D eigenvalue weighted by Gasteiger charge is 2.35. The van der Waals surface area contributed by atoms with Gasteiger partial charge in [-0.1, -0.05) is 138 Å². The van der Waals surface area contributed by atoms with Crippen LogP contribution in [0.4, 0.5) is 0 Å². The Morgan fingerprint density at radius 1 is 0.556 bits per heavy atom. The molecule has 0 bridgehead atoms. The summed E-state index contributed by atoms with van der Waals surface area (Å²) in [6.45, 7) is 14.4. The van der Waals surface area contributed by atoms with Gasteiger partial charge in [0, 0.05) is 0 Å². The molecule has 0 aliphatic heterocycles. The SMILES string of the molecule is CCCCCCCCC1CC1CCCCCCCCCC(C)(C)C(C)(C)C. The molecule has 0 saturated heterocycles. The second-order valence-electron chi connectivity index (χ2n) is 11.5. The molecule has 1 fully saturated rings. The maximum Gasteiger partial charge on any atom is -0.0306 e. The zero-order valence-corrected chi connectivity index (χ0v) is 20.2. The van der Waals surface area contributed by atoms with Crippen LogP contribution in [0.15, 0.2) is 0 Å². The van der Waals surface area contributed by atoms with Crippen LogP contribution in [0.2, 0.25) is 0 Å². The lowest BCUT2D eigenvalue weighted by Gasteiger charge is -2.39. The van der Waals surface area contributed by atoms with Crippen LogP contribution < -0.4 is 0 Å². The third kappa shape index (κ3) is 11.6. The number of hydrogen-bond donors (Lipinski definition) is 0. The molecule has 1 saturated carbocycles. The van der Waals surface area contributed by atoms with Crippen molar-refractivity contribution in [3.8, 4) is 0 Å². The normalized spacial score (nSPS) is 20.2. The Morgan fingerprint density at radius 2 is 0.963 bits per heavy atom. The van der Waals surface area contributed by atoms with E-state index in [1.807, 2.05) is 0 Å².